The summed E-state index contributed by atoms with van der Waals surface area (Å²) in [6.07, 6.45) is 5.70. The van der Waals surface area contributed by atoms with Crippen LogP contribution in [0.4, 0.5) is 4.79 Å². The highest BCUT2D eigenvalue weighted by atomic mass is 16.7. The molecule has 1 aliphatic rings. The van der Waals surface area contributed by atoms with Crippen LogP contribution in [0.2, 0.25) is 0 Å². The van der Waals surface area contributed by atoms with Gasteiger partial charge in [-0.05, 0) is 58.8 Å². The summed E-state index contributed by atoms with van der Waals surface area (Å²) in [7, 11) is 0. The summed E-state index contributed by atoms with van der Waals surface area (Å²) < 4.78 is 11.0. The third kappa shape index (κ3) is 4.87. The third-order valence-corrected chi connectivity index (χ3v) is 3.58. The first-order chi connectivity index (χ1) is 8.26. The largest absolute Gasteiger partial charge is 0.509 e. The molecule has 0 radical (unpaired) electrons. The van der Waals surface area contributed by atoms with Gasteiger partial charge in [-0.3, -0.25) is 0 Å². The molecule has 0 aromatic heterocycles. The number of ether oxygens (including phenoxy) is 2. The summed E-state index contributed by atoms with van der Waals surface area (Å²) in [4.78, 5) is 11.8. The fourth-order valence-corrected chi connectivity index (χ4v) is 2.59. The molecule has 0 bridgehead atoms. The van der Waals surface area contributed by atoms with Gasteiger partial charge in [0.2, 0.25) is 0 Å². The maximum Gasteiger partial charge on any atom is 0.509 e. The Hall–Kier alpha value is -0.730. The van der Waals surface area contributed by atoms with Crippen molar-refractivity contribution in [2.24, 2.45) is 5.92 Å². The van der Waals surface area contributed by atoms with Crippen molar-refractivity contribution >= 4 is 6.16 Å². The molecule has 0 aromatic rings. The van der Waals surface area contributed by atoms with Crippen molar-refractivity contribution in [2.75, 3.05) is 0 Å². The Kier molecular flexibility index (Phi) is 5.06. The molecule has 0 aromatic carbocycles. The molecule has 0 heterocycles. The molecule has 0 spiro atoms. The summed E-state index contributed by atoms with van der Waals surface area (Å²) >= 11 is 0. The lowest BCUT2D eigenvalue weighted by Crippen LogP contribution is -2.40. The lowest BCUT2D eigenvalue weighted by Gasteiger charge is -2.39. The van der Waals surface area contributed by atoms with E-state index in [0.717, 1.165) is 44.4 Å². The molecule has 1 rings (SSSR count). The van der Waals surface area contributed by atoms with E-state index >= 15 is 0 Å². The monoisotopic (exact) mass is 256 g/mol. The second-order valence-electron chi connectivity index (χ2n) is 6.68. The molecule has 0 aliphatic heterocycles. The first kappa shape index (κ1) is 15.3. The SMILES string of the molecule is CCCC1(OC(=O)OC(C)(C)C)CCC(C)CC1. The second-order valence-corrected chi connectivity index (χ2v) is 6.68. The summed E-state index contributed by atoms with van der Waals surface area (Å²) in [6.45, 7) is 10.00. The highest BCUT2D eigenvalue weighted by Crippen LogP contribution is 2.38. The standard InChI is InChI=1S/C15H28O3/c1-6-9-15(10-7-12(2)8-11-15)18-13(16)17-14(3,4)5/h12H,6-11H2,1-5H3. The van der Waals surface area contributed by atoms with E-state index in [2.05, 4.69) is 13.8 Å². The van der Waals surface area contributed by atoms with Gasteiger partial charge in [-0.2, -0.15) is 0 Å². The summed E-state index contributed by atoms with van der Waals surface area (Å²) in [5.74, 6) is 0.747. The van der Waals surface area contributed by atoms with E-state index in [1.54, 1.807) is 0 Å². The fraction of sp³-hybridized carbons (Fsp3) is 0.933. The first-order valence-electron chi connectivity index (χ1n) is 7.18. The van der Waals surface area contributed by atoms with Gasteiger partial charge >= 0.3 is 6.16 Å². The number of carbonyl (C=O) groups is 1. The topological polar surface area (TPSA) is 35.5 Å². The average Bonchev–Trinajstić information content (AvgIpc) is 2.20. The van der Waals surface area contributed by atoms with Crippen LogP contribution in [-0.4, -0.2) is 17.4 Å². The Morgan fingerprint density at radius 2 is 1.83 bits per heavy atom. The van der Waals surface area contributed by atoms with Crippen molar-refractivity contribution < 1.29 is 14.3 Å². The predicted molar refractivity (Wildman–Crippen MR) is 72.6 cm³/mol. The van der Waals surface area contributed by atoms with Gasteiger partial charge < -0.3 is 9.47 Å². The minimum atomic E-state index is -0.509. The minimum absolute atomic E-state index is 0.274. The molecule has 0 N–H and O–H groups in total. The van der Waals surface area contributed by atoms with E-state index < -0.39 is 11.8 Å². The quantitative estimate of drug-likeness (QED) is 0.687. The molecule has 0 atom stereocenters. The molecule has 106 valence electrons. The number of carbonyl (C=O) groups excluding carboxylic acids is 1. The zero-order chi connectivity index (χ0) is 13.8. The van der Waals surface area contributed by atoms with Crippen LogP contribution in [0.5, 0.6) is 0 Å². The van der Waals surface area contributed by atoms with E-state index in [1.807, 2.05) is 20.8 Å². The van der Waals surface area contributed by atoms with Crippen LogP contribution in [0.25, 0.3) is 0 Å². The molecular weight excluding hydrogens is 228 g/mol. The fourth-order valence-electron chi connectivity index (χ4n) is 2.59. The zero-order valence-corrected chi connectivity index (χ0v) is 12.5. The predicted octanol–water partition coefficient (Wildman–Crippen LogP) is 4.69. The van der Waals surface area contributed by atoms with Gasteiger partial charge in [0.05, 0.1) is 0 Å². The average molecular weight is 256 g/mol. The molecule has 1 saturated carbocycles. The lowest BCUT2D eigenvalue weighted by molar-refractivity contribution is -0.0878. The third-order valence-electron chi connectivity index (χ3n) is 3.58. The normalized spacial score (nSPS) is 28.8. The van der Waals surface area contributed by atoms with Gasteiger partial charge in [0.1, 0.15) is 11.2 Å². The Labute approximate surface area is 111 Å². The Bertz CT molecular complexity index is 270. The van der Waals surface area contributed by atoms with Gasteiger partial charge in [0.15, 0.2) is 0 Å². The highest BCUT2D eigenvalue weighted by Gasteiger charge is 2.38. The zero-order valence-electron chi connectivity index (χ0n) is 12.5. The maximum absolute atomic E-state index is 11.8. The molecule has 3 heteroatoms. The van der Waals surface area contributed by atoms with Crippen LogP contribution in [-0.2, 0) is 9.47 Å². The number of hydrogen-bond acceptors (Lipinski definition) is 3. The van der Waals surface area contributed by atoms with Crippen LogP contribution >= 0.6 is 0 Å². The van der Waals surface area contributed by atoms with Gasteiger partial charge in [0, 0.05) is 0 Å². The van der Waals surface area contributed by atoms with Gasteiger partial charge in [-0.15, -0.1) is 0 Å². The van der Waals surface area contributed by atoms with Crippen LogP contribution in [0.3, 0.4) is 0 Å². The van der Waals surface area contributed by atoms with Gasteiger partial charge in [-0.25, -0.2) is 4.79 Å². The molecule has 0 amide bonds. The van der Waals surface area contributed by atoms with E-state index in [4.69, 9.17) is 9.47 Å². The van der Waals surface area contributed by atoms with Crippen LogP contribution in [0.15, 0.2) is 0 Å². The van der Waals surface area contributed by atoms with Crippen molar-refractivity contribution in [2.45, 2.75) is 84.3 Å². The van der Waals surface area contributed by atoms with Crippen molar-refractivity contribution in [3.05, 3.63) is 0 Å². The second kappa shape index (κ2) is 5.94. The molecular formula is C15H28O3. The number of hydrogen-bond donors (Lipinski definition) is 0. The summed E-state index contributed by atoms with van der Waals surface area (Å²) in [6, 6.07) is 0. The smallest absolute Gasteiger partial charge is 0.429 e. The Balaban J connectivity index is 2.60. The van der Waals surface area contributed by atoms with E-state index in [0.29, 0.717) is 0 Å². The van der Waals surface area contributed by atoms with E-state index in [1.165, 1.54) is 0 Å². The Morgan fingerprint density at radius 1 is 1.28 bits per heavy atom. The summed E-state index contributed by atoms with van der Waals surface area (Å²) in [5, 5.41) is 0. The van der Waals surface area contributed by atoms with Gasteiger partial charge in [0.25, 0.3) is 0 Å². The van der Waals surface area contributed by atoms with Crippen LogP contribution < -0.4 is 0 Å². The minimum Gasteiger partial charge on any atom is -0.429 e. The Morgan fingerprint density at radius 3 is 2.28 bits per heavy atom. The van der Waals surface area contributed by atoms with Crippen LogP contribution in [0.1, 0.15) is 73.1 Å². The van der Waals surface area contributed by atoms with Crippen molar-refractivity contribution in [1.82, 2.24) is 0 Å². The van der Waals surface area contributed by atoms with Crippen molar-refractivity contribution in [3.8, 4) is 0 Å². The molecule has 0 unspecified atom stereocenters. The van der Waals surface area contributed by atoms with E-state index in [9.17, 15) is 4.79 Å². The van der Waals surface area contributed by atoms with Crippen molar-refractivity contribution in [3.63, 3.8) is 0 Å². The lowest BCUT2D eigenvalue weighted by atomic mass is 9.77. The first-order valence-corrected chi connectivity index (χ1v) is 7.18. The molecule has 1 aliphatic carbocycles. The maximum atomic E-state index is 11.8. The van der Waals surface area contributed by atoms with Gasteiger partial charge in [-0.1, -0.05) is 20.3 Å². The molecule has 1 fully saturated rings. The molecule has 3 nitrogen and oxygen atoms in total. The highest BCUT2D eigenvalue weighted by molar-refractivity contribution is 5.61. The van der Waals surface area contributed by atoms with Crippen LogP contribution in [0, 0.1) is 5.92 Å². The van der Waals surface area contributed by atoms with E-state index in [-0.39, 0.29) is 5.60 Å². The summed E-state index contributed by atoms with van der Waals surface area (Å²) in [5.41, 5.74) is -0.754. The number of rotatable bonds is 3. The molecule has 18 heavy (non-hydrogen) atoms. The van der Waals surface area contributed by atoms with Crippen molar-refractivity contribution in [1.29, 1.82) is 0 Å². The molecule has 0 saturated heterocycles.